The lowest BCUT2D eigenvalue weighted by molar-refractivity contribution is 0.0951. The molecular weight excluding hydrogens is 392 g/mol. The molecule has 0 radical (unpaired) electrons. The SMILES string of the molecule is CC(C)n1cnc([C@H]2CN(S(C)(=O)=O)c3ccc(C(=O)NCCN(C)C)cc32)n1. The molecule has 1 aliphatic rings. The fourth-order valence-electron chi connectivity index (χ4n) is 3.29. The maximum atomic E-state index is 12.5. The molecule has 1 amide bonds. The smallest absolute Gasteiger partial charge is 0.251 e. The molecule has 0 unspecified atom stereocenters. The lowest BCUT2D eigenvalue weighted by atomic mass is 9.98. The number of hydrogen-bond acceptors (Lipinski definition) is 6. The molecule has 1 atom stereocenters. The van der Waals surface area contributed by atoms with Crippen LogP contribution in [0.1, 0.15) is 47.6 Å². The molecule has 29 heavy (non-hydrogen) atoms. The highest BCUT2D eigenvalue weighted by Crippen LogP contribution is 2.40. The third-order valence-corrected chi connectivity index (χ3v) is 6.04. The van der Waals surface area contributed by atoms with Gasteiger partial charge in [-0.3, -0.25) is 13.8 Å². The largest absolute Gasteiger partial charge is 0.351 e. The number of amides is 1. The van der Waals surface area contributed by atoms with E-state index < -0.39 is 10.0 Å². The van der Waals surface area contributed by atoms with Crippen molar-refractivity contribution in [2.75, 3.05) is 44.3 Å². The average Bonchev–Trinajstić information content (AvgIpc) is 3.25. The first-order valence-corrected chi connectivity index (χ1v) is 11.4. The summed E-state index contributed by atoms with van der Waals surface area (Å²) < 4.78 is 27.7. The maximum absolute atomic E-state index is 12.5. The molecule has 3 rings (SSSR count). The molecular formula is C19H28N6O3S. The minimum absolute atomic E-state index is 0.150. The molecule has 2 heterocycles. The van der Waals surface area contributed by atoms with E-state index >= 15 is 0 Å². The molecule has 1 aliphatic heterocycles. The van der Waals surface area contributed by atoms with Crippen LogP contribution in [0.5, 0.6) is 0 Å². The van der Waals surface area contributed by atoms with Gasteiger partial charge in [0.1, 0.15) is 6.33 Å². The summed E-state index contributed by atoms with van der Waals surface area (Å²) >= 11 is 0. The van der Waals surface area contributed by atoms with Crippen LogP contribution in [-0.2, 0) is 10.0 Å². The normalized spacial score (nSPS) is 16.5. The van der Waals surface area contributed by atoms with Crippen LogP contribution in [0.15, 0.2) is 24.5 Å². The third-order valence-electron chi connectivity index (χ3n) is 4.89. The Morgan fingerprint density at radius 3 is 2.66 bits per heavy atom. The Kier molecular flexibility index (Phi) is 5.95. The van der Waals surface area contributed by atoms with Crippen molar-refractivity contribution in [3.05, 3.63) is 41.5 Å². The summed E-state index contributed by atoms with van der Waals surface area (Å²) in [6, 6.07) is 5.25. The predicted octanol–water partition coefficient (Wildman–Crippen LogP) is 1.06. The molecule has 9 nitrogen and oxygen atoms in total. The molecule has 0 bridgehead atoms. The maximum Gasteiger partial charge on any atom is 0.251 e. The third kappa shape index (κ3) is 4.59. The first-order valence-electron chi connectivity index (χ1n) is 9.53. The number of hydrogen-bond donors (Lipinski definition) is 1. The van der Waals surface area contributed by atoms with Crippen LogP contribution in [0, 0.1) is 0 Å². The van der Waals surface area contributed by atoms with Gasteiger partial charge in [-0.05, 0) is 51.7 Å². The topological polar surface area (TPSA) is 100 Å². The van der Waals surface area contributed by atoms with Gasteiger partial charge < -0.3 is 10.2 Å². The van der Waals surface area contributed by atoms with Crippen LogP contribution in [-0.4, -0.2) is 74.0 Å². The van der Waals surface area contributed by atoms with Gasteiger partial charge in [0.05, 0.1) is 17.9 Å². The van der Waals surface area contributed by atoms with Gasteiger partial charge >= 0.3 is 0 Å². The van der Waals surface area contributed by atoms with Crippen molar-refractivity contribution in [3.8, 4) is 0 Å². The van der Waals surface area contributed by atoms with Gasteiger partial charge in [-0.25, -0.2) is 13.4 Å². The summed E-state index contributed by atoms with van der Waals surface area (Å²) in [6.45, 7) is 5.49. The summed E-state index contributed by atoms with van der Waals surface area (Å²) in [5.74, 6) is 0.0393. The molecule has 1 N–H and O–H groups in total. The number of rotatable bonds is 7. The fraction of sp³-hybridized carbons (Fsp3) is 0.526. The second-order valence-electron chi connectivity index (χ2n) is 7.86. The highest BCUT2D eigenvalue weighted by molar-refractivity contribution is 7.92. The van der Waals surface area contributed by atoms with Crippen molar-refractivity contribution in [2.24, 2.45) is 0 Å². The highest BCUT2D eigenvalue weighted by Gasteiger charge is 2.37. The van der Waals surface area contributed by atoms with Crippen molar-refractivity contribution in [2.45, 2.75) is 25.8 Å². The number of carbonyl (C=O) groups excluding carboxylic acids is 1. The van der Waals surface area contributed by atoms with E-state index in [4.69, 9.17) is 0 Å². The molecule has 2 aromatic rings. The van der Waals surface area contributed by atoms with Crippen LogP contribution in [0.3, 0.4) is 0 Å². The molecule has 1 aromatic carbocycles. The second-order valence-corrected chi connectivity index (χ2v) is 9.76. The zero-order chi connectivity index (χ0) is 21.3. The molecule has 0 saturated heterocycles. The number of nitrogens with one attached hydrogen (secondary N) is 1. The van der Waals surface area contributed by atoms with E-state index in [9.17, 15) is 13.2 Å². The van der Waals surface area contributed by atoms with E-state index in [1.165, 1.54) is 10.6 Å². The summed E-state index contributed by atoms with van der Waals surface area (Å²) in [4.78, 5) is 18.9. The van der Waals surface area contributed by atoms with Crippen LogP contribution in [0.4, 0.5) is 5.69 Å². The standard InChI is InChI=1S/C19H28N6O3S/c1-13(2)24-12-21-18(22-24)16-11-25(29(5,27)28)17-7-6-14(10-15(16)17)19(26)20-8-9-23(3)4/h6-7,10,12-13,16H,8-9,11H2,1-5H3,(H,20,26)/t16-/m0/s1. The lowest BCUT2D eigenvalue weighted by Crippen LogP contribution is -2.31. The Labute approximate surface area is 171 Å². The van der Waals surface area contributed by atoms with E-state index in [1.54, 1.807) is 29.2 Å². The zero-order valence-electron chi connectivity index (χ0n) is 17.5. The van der Waals surface area contributed by atoms with Gasteiger partial charge in [0.15, 0.2) is 5.82 Å². The molecule has 1 aromatic heterocycles. The van der Waals surface area contributed by atoms with Gasteiger partial charge in [-0.1, -0.05) is 0 Å². The molecule has 10 heteroatoms. The Hall–Kier alpha value is -2.46. The van der Waals surface area contributed by atoms with Crippen LogP contribution in [0.25, 0.3) is 0 Å². The minimum atomic E-state index is -3.46. The molecule has 0 fully saturated rings. The summed E-state index contributed by atoms with van der Waals surface area (Å²) in [6.07, 6.45) is 2.84. The van der Waals surface area contributed by atoms with E-state index in [0.717, 1.165) is 12.1 Å². The van der Waals surface area contributed by atoms with Crippen molar-refractivity contribution < 1.29 is 13.2 Å². The summed E-state index contributed by atoms with van der Waals surface area (Å²) in [7, 11) is 0.421. The van der Waals surface area contributed by atoms with Crippen LogP contribution < -0.4 is 9.62 Å². The van der Waals surface area contributed by atoms with E-state index in [-0.39, 0.29) is 24.4 Å². The Morgan fingerprint density at radius 1 is 1.34 bits per heavy atom. The van der Waals surface area contributed by atoms with Crippen molar-refractivity contribution in [1.82, 2.24) is 25.0 Å². The fourth-order valence-corrected chi connectivity index (χ4v) is 4.23. The number of aromatic nitrogens is 3. The van der Waals surface area contributed by atoms with Crippen molar-refractivity contribution in [3.63, 3.8) is 0 Å². The monoisotopic (exact) mass is 420 g/mol. The number of carbonyl (C=O) groups is 1. The van der Waals surface area contributed by atoms with E-state index in [2.05, 4.69) is 15.4 Å². The van der Waals surface area contributed by atoms with Gasteiger partial charge in [0.25, 0.3) is 5.91 Å². The first kappa shape index (κ1) is 21.3. The van der Waals surface area contributed by atoms with Crippen LogP contribution in [0.2, 0.25) is 0 Å². The van der Waals surface area contributed by atoms with E-state index in [0.29, 0.717) is 23.6 Å². The molecule has 0 aliphatic carbocycles. The van der Waals surface area contributed by atoms with Gasteiger partial charge in [0, 0.05) is 31.2 Å². The Bertz CT molecular complexity index is 999. The zero-order valence-corrected chi connectivity index (χ0v) is 18.3. The number of benzene rings is 1. The van der Waals surface area contributed by atoms with Crippen molar-refractivity contribution in [1.29, 1.82) is 0 Å². The van der Waals surface area contributed by atoms with Gasteiger partial charge in [0.2, 0.25) is 10.0 Å². The van der Waals surface area contributed by atoms with Crippen LogP contribution >= 0.6 is 0 Å². The number of fused-ring (bicyclic) bond motifs is 1. The summed E-state index contributed by atoms with van der Waals surface area (Å²) in [5, 5.41) is 7.42. The van der Waals surface area contributed by atoms with Gasteiger partial charge in [-0.15, -0.1) is 0 Å². The second kappa shape index (κ2) is 8.11. The number of sulfonamides is 1. The number of likely N-dealkylation sites (N-methyl/N-ethyl adjacent to an activating group) is 1. The molecule has 0 spiro atoms. The van der Waals surface area contributed by atoms with Gasteiger partial charge in [-0.2, -0.15) is 5.10 Å². The predicted molar refractivity (Wildman–Crippen MR) is 112 cm³/mol. The Balaban J connectivity index is 1.95. The first-order chi connectivity index (χ1) is 13.6. The van der Waals surface area contributed by atoms with Crippen molar-refractivity contribution >= 4 is 21.6 Å². The van der Waals surface area contributed by atoms with E-state index in [1.807, 2.05) is 32.8 Å². The number of anilines is 1. The Morgan fingerprint density at radius 2 is 2.07 bits per heavy atom. The average molecular weight is 421 g/mol. The lowest BCUT2D eigenvalue weighted by Gasteiger charge is -2.16. The number of nitrogens with zero attached hydrogens (tertiary/aromatic N) is 5. The molecule has 0 saturated carbocycles. The minimum Gasteiger partial charge on any atom is -0.351 e. The highest BCUT2D eigenvalue weighted by atomic mass is 32.2. The molecule has 158 valence electrons. The quantitative estimate of drug-likeness (QED) is 0.719. The summed E-state index contributed by atoms with van der Waals surface area (Å²) in [5.41, 5.74) is 1.81.